The number of piperidine rings is 1. The second-order valence-electron chi connectivity index (χ2n) is 7.05. The minimum absolute atomic E-state index is 0. The van der Waals surface area contributed by atoms with Gasteiger partial charge in [-0.15, -0.1) is 24.0 Å². The zero-order chi connectivity index (χ0) is 19.6. The number of methoxy groups -OCH3 is 1. The van der Waals surface area contributed by atoms with Gasteiger partial charge < -0.3 is 19.7 Å². The molecule has 2 heterocycles. The number of likely N-dealkylation sites (tertiary alicyclic amines) is 1. The molecule has 1 fully saturated rings. The van der Waals surface area contributed by atoms with Gasteiger partial charge in [0, 0.05) is 51.5 Å². The monoisotopic (exact) mass is 512 g/mol. The standard InChI is InChI=1S/C22H32N4O2.HI/c1-3-23-22(26-13-10-19(11-14-26)28-16-6-15-27-2)25-17-21-20-8-5-4-7-18(20)9-12-24-21;/h4-5,7-9,12,19H,3,6,10-11,13-17H2,1-2H3,(H,23,25);1H. The van der Waals surface area contributed by atoms with Gasteiger partial charge in [-0.3, -0.25) is 4.98 Å². The minimum atomic E-state index is 0. The van der Waals surface area contributed by atoms with Crippen LogP contribution in [-0.4, -0.2) is 61.9 Å². The normalized spacial score (nSPS) is 15.4. The Morgan fingerprint density at radius 3 is 2.76 bits per heavy atom. The van der Waals surface area contributed by atoms with Gasteiger partial charge in [0.15, 0.2) is 5.96 Å². The summed E-state index contributed by atoms with van der Waals surface area (Å²) >= 11 is 0. The fourth-order valence-corrected chi connectivity index (χ4v) is 3.57. The third-order valence-electron chi connectivity index (χ3n) is 5.06. The molecule has 0 radical (unpaired) electrons. The summed E-state index contributed by atoms with van der Waals surface area (Å²) < 4.78 is 11.1. The molecule has 0 atom stereocenters. The molecule has 29 heavy (non-hydrogen) atoms. The van der Waals surface area contributed by atoms with Crippen LogP contribution in [0.15, 0.2) is 41.5 Å². The largest absolute Gasteiger partial charge is 0.385 e. The number of pyridine rings is 1. The van der Waals surface area contributed by atoms with E-state index in [9.17, 15) is 0 Å². The van der Waals surface area contributed by atoms with Gasteiger partial charge in [0.25, 0.3) is 0 Å². The van der Waals surface area contributed by atoms with Crippen molar-refractivity contribution in [2.75, 3.05) is 40.0 Å². The Morgan fingerprint density at radius 2 is 2.00 bits per heavy atom. The lowest BCUT2D eigenvalue weighted by Crippen LogP contribution is -2.47. The number of rotatable bonds is 8. The van der Waals surface area contributed by atoms with E-state index in [4.69, 9.17) is 14.5 Å². The van der Waals surface area contributed by atoms with Crippen LogP contribution in [0.2, 0.25) is 0 Å². The van der Waals surface area contributed by atoms with E-state index in [1.807, 2.05) is 12.3 Å². The Hall–Kier alpha value is -1.45. The maximum absolute atomic E-state index is 5.97. The van der Waals surface area contributed by atoms with Crippen molar-refractivity contribution in [3.63, 3.8) is 0 Å². The Kier molecular flexibility index (Phi) is 10.7. The highest BCUT2D eigenvalue weighted by molar-refractivity contribution is 14.0. The van der Waals surface area contributed by atoms with Gasteiger partial charge in [0.05, 0.1) is 18.3 Å². The molecule has 1 aliphatic rings. The zero-order valence-electron chi connectivity index (χ0n) is 17.5. The number of aliphatic imine (C=N–C) groups is 1. The molecule has 0 amide bonds. The molecule has 0 bridgehead atoms. The van der Waals surface area contributed by atoms with Crippen molar-refractivity contribution in [3.8, 4) is 0 Å². The number of fused-ring (bicyclic) bond motifs is 1. The summed E-state index contributed by atoms with van der Waals surface area (Å²) in [7, 11) is 1.73. The first kappa shape index (κ1) is 23.8. The third kappa shape index (κ3) is 7.08. The van der Waals surface area contributed by atoms with Gasteiger partial charge in [-0.25, -0.2) is 4.99 Å². The van der Waals surface area contributed by atoms with E-state index in [1.54, 1.807) is 7.11 Å². The lowest BCUT2D eigenvalue weighted by atomic mass is 10.1. The first-order valence-electron chi connectivity index (χ1n) is 10.3. The first-order valence-corrected chi connectivity index (χ1v) is 10.3. The SMILES string of the molecule is CCNC(=NCc1nccc2ccccc12)N1CCC(OCCCOC)CC1.I. The third-order valence-corrected chi connectivity index (χ3v) is 5.06. The maximum atomic E-state index is 5.97. The molecule has 1 aromatic carbocycles. The molecule has 1 N–H and O–H groups in total. The lowest BCUT2D eigenvalue weighted by molar-refractivity contribution is 0.00990. The number of nitrogens with zero attached hydrogens (tertiary/aromatic N) is 3. The van der Waals surface area contributed by atoms with E-state index >= 15 is 0 Å². The molecular weight excluding hydrogens is 479 g/mol. The number of halogens is 1. The van der Waals surface area contributed by atoms with Crippen LogP contribution in [0.5, 0.6) is 0 Å². The topological polar surface area (TPSA) is 59.0 Å². The van der Waals surface area contributed by atoms with Gasteiger partial charge in [0.2, 0.25) is 0 Å². The predicted octanol–water partition coefficient (Wildman–Crippen LogP) is 3.84. The van der Waals surface area contributed by atoms with Crippen LogP contribution in [0.4, 0.5) is 0 Å². The van der Waals surface area contributed by atoms with E-state index in [-0.39, 0.29) is 24.0 Å². The van der Waals surface area contributed by atoms with E-state index in [1.165, 1.54) is 10.8 Å². The van der Waals surface area contributed by atoms with E-state index in [0.717, 1.165) is 63.8 Å². The average molecular weight is 512 g/mol. The summed E-state index contributed by atoms with van der Waals surface area (Å²) in [6.07, 6.45) is 5.23. The van der Waals surface area contributed by atoms with Gasteiger partial charge in [0.1, 0.15) is 0 Å². The molecular formula is C22H33IN4O2. The summed E-state index contributed by atoms with van der Waals surface area (Å²) in [6, 6.07) is 10.4. The van der Waals surface area contributed by atoms with Crippen LogP contribution < -0.4 is 5.32 Å². The zero-order valence-corrected chi connectivity index (χ0v) is 19.8. The fraction of sp³-hybridized carbons (Fsp3) is 0.545. The van der Waals surface area contributed by atoms with E-state index in [2.05, 4.69) is 46.4 Å². The molecule has 3 rings (SSSR count). The molecule has 1 aliphatic heterocycles. The van der Waals surface area contributed by atoms with Crippen LogP contribution in [0.25, 0.3) is 10.8 Å². The molecule has 6 nitrogen and oxygen atoms in total. The van der Waals surface area contributed by atoms with Gasteiger partial charge in [-0.1, -0.05) is 24.3 Å². The number of ether oxygens (including phenoxy) is 2. The summed E-state index contributed by atoms with van der Waals surface area (Å²) in [4.78, 5) is 11.8. The molecule has 1 saturated heterocycles. The smallest absolute Gasteiger partial charge is 0.194 e. The lowest BCUT2D eigenvalue weighted by Gasteiger charge is -2.34. The van der Waals surface area contributed by atoms with Crippen molar-refractivity contribution in [2.24, 2.45) is 4.99 Å². The van der Waals surface area contributed by atoms with Crippen molar-refractivity contribution in [1.82, 2.24) is 15.2 Å². The Labute approximate surface area is 191 Å². The average Bonchev–Trinajstić information content (AvgIpc) is 2.75. The molecule has 160 valence electrons. The number of nitrogens with one attached hydrogen (secondary N) is 1. The van der Waals surface area contributed by atoms with Gasteiger partial charge in [-0.05, 0) is 37.6 Å². The molecule has 0 spiro atoms. The fourth-order valence-electron chi connectivity index (χ4n) is 3.57. The van der Waals surface area contributed by atoms with Crippen LogP contribution in [0, 0.1) is 0 Å². The highest BCUT2D eigenvalue weighted by Gasteiger charge is 2.21. The van der Waals surface area contributed by atoms with Gasteiger partial charge in [-0.2, -0.15) is 0 Å². The number of hydrogen-bond donors (Lipinski definition) is 1. The van der Waals surface area contributed by atoms with Crippen molar-refractivity contribution in [1.29, 1.82) is 0 Å². The second-order valence-corrected chi connectivity index (χ2v) is 7.05. The molecule has 2 aromatic rings. The summed E-state index contributed by atoms with van der Waals surface area (Å²) in [6.45, 7) is 7.01. The minimum Gasteiger partial charge on any atom is -0.385 e. The molecule has 0 unspecified atom stereocenters. The van der Waals surface area contributed by atoms with Crippen molar-refractivity contribution in [2.45, 2.75) is 38.8 Å². The summed E-state index contributed by atoms with van der Waals surface area (Å²) in [5, 5.41) is 5.82. The number of hydrogen-bond acceptors (Lipinski definition) is 4. The molecule has 1 aromatic heterocycles. The number of aromatic nitrogens is 1. The Morgan fingerprint density at radius 1 is 1.21 bits per heavy atom. The van der Waals surface area contributed by atoms with E-state index < -0.39 is 0 Å². The van der Waals surface area contributed by atoms with Crippen molar-refractivity contribution < 1.29 is 9.47 Å². The van der Waals surface area contributed by atoms with Crippen LogP contribution >= 0.6 is 24.0 Å². The molecule has 0 aliphatic carbocycles. The predicted molar refractivity (Wildman–Crippen MR) is 129 cm³/mol. The van der Waals surface area contributed by atoms with E-state index in [0.29, 0.717) is 12.6 Å². The Balaban J connectivity index is 0.00000300. The van der Waals surface area contributed by atoms with Crippen molar-refractivity contribution in [3.05, 3.63) is 42.2 Å². The first-order chi connectivity index (χ1) is 13.8. The highest BCUT2D eigenvalue weighted by Crippen LogP contribution is 2.18. The Bertz CT molecular complexity index is 758. The highest BCUT2D eigenvalue weighted by atomic mass is 127. The van der Waals surface area contributed by atoms with Gasteiger partial charge >= 0.3 is 0 Å². The van der Waals surface area contributed by atoms with Crippen LogP contribution in [0.1, 0.15) is 31.9 Å². The molecule has 7 heteroatoms. The quantitative estimate of drug-likeness (QED) is 0.252. The number of guanidine groups is 1. The van der Waals surface area contributed by atoms with Crippen LogP contribution in [0.3, 0.4) is 0 Å². The molecule has 0 saturated carbocycles. The van der Waals surface area contributed by atoms with Crippen molar-refractivity contribution >= 4 is 40.7 Å². The number of benzene rings is 1. The summed E-state index contributed by atoms with van der Waals surface area (Å²) in [5.41, 5.74) is 1.02. The second kappa shape index (κ2) is 13.0. The van der Waals surface area contributed by atoms with Crippen LogP contribution in [-0.2, 0) is 16.0 Å². The summed E-state index contributed by atoms with van der Waals surface area (Å²) in [5.74, 6) is 0.968. The maximum Gasteiger partial charge on any atom is 0.194 e.